The highest BCUT2D eigenvalue weighted by atomic mass is 32.2. The van der Waals surface area contributed by atoms with Crippen LogP contribution in [0, 0.1) is 17.0 Å². The van der Waals surface area contributed by atoms with Crippen molar-refractivity contribution >= 4 is 21.6 Å². The number of nitro groups is 1. The lowest BCUT2D eigenvalue weighted by Gasteiger charge is -2.34. The van der Waals surface area contributed by atoms with Crippen molar-refractivity contribution in [1.29, 1.82) is 0 Å². The molecule has 1 amide bonds. The molecule has 1 heterocycles. The summed E-state index contributed by atoms with van der Waals surface area (Å²) in [4.78, 5) is 24.7. The summed E-state index contributed by atoms with van der Waals surface area (Å²) in [6.45, 7) is 4.54. The second-order valence-electron chi connectivity index (χ2n) is 7.51. The van der Waals surface area contributed by atoms with Crippen LogP contribution in [-0.4, -0.2) is 54.6 Å². The summed E-state index contributed by atoms with van der Waals surface area (Å²) in [7, 11) is -3.87. The third kappa shape index (κ3) is 4.68. The van der Waals surface area contributed by atoms with Crippen LogP contribution >= 0.6 is 0 Å². The molecule has 1 atom stereocenters. The minimum Gasteiger partial charge on any atom is -0.340 e. The van der Waals surface area contributed by atoms with Crippen LogP contribution in [-0.2, 0) is 14.8 Å². The van der Waals surface area contributed by atoms with E-state index in [1.807, 2.05) is 37.3 Å². The molecule has 0 saturated carbocycles. The van der Waals surface area contributed by atoms with Gasteiger partial charge in [0.1, 0.15) is 0 Å². The van der Waals surface area contributed by atoms with Crippen molar-refractivity contribution in [2.45, 2.75) is 31.1 Å². The van der Waals surface area contributed by atoms with Crippen molar-refractivity contribution in [1.82, 2.24) is 9.21 Å². The Labute approximate surface area is 176 Å². The first-order valence-electron chi connectivity index (χ1n) is 9.78. The van der Waals surface area contributed by atoms with Crippen molar-refractivity contribution in [3.8, 4) is 0 Å². The molecule has 9 heteroatoms. The van der Waals surface area contributed by atoms with E-state index in [0.29, 0.717) is 25.1 Å². The molecule has 0 spiro atoms. The summed E-state index contributed by atoms with van der Waals surface area (Å²) in [5.41, 5.74) is 1.28. The summed E-state index contributed by atoms with van der Waals surface area (Å²) in [6.07, 6.45) is 0.362. The van der Waals surface area contributed by atoms with Gasteiger partial charge in [0, 0.05) is 44.7 Å². The Morgan fingerprint density at radius 3 is 2.33 bits per heavy atom. The fraction of sp³-hybridized carbons (Fsp3) is 0.381. The molecular weight excluding hydrogens is 406 g/mol. The molecule has 1 fully saturated rings. The van der Waals surface area contributed by atoms with Crippen molar-refractivity contribution in [3.05, 3.63) is 69.8 Å². The fourth-order valence-electron chi connectivity index (χ4n) is 3.59. The van der Waals surface area contributed by atoms with Gasteiger partial charge in [0.2, 0.25) is 15.9 Å². The summed E-state index contributed by atoms with van der Waals surface area (Å²) in [6, 6.07) is 13.6. The summed E-state index contributed by atoms with van der Waals surface area (Å²) in [5.74, 6) is 0.0721. The van der Waals surface area contributed by atoms with Gasteiger partial charge >= 0.3 is 0 Å². The van der Waals surface area contributed by atoms with Crippen LogP contribution in [0.3, 0.4) is 0 Å². The van der Waals surface area contributed by atoms with Gasteiger partial charge in [-0.1, -0.05) is 43.3 Å². The highest BCUT2D eigenvalue weighted by molar-refractivity contribution is 7.89. The third-order valence-electron chi connectivity index (χ3n) is 5.44. The fourth-order valence-corrected chi connectivity index (χ4v) is 5.25. The normalized spacial score (nSPS) is 16.3. The van der Waals surface area contributed by atoms with E-state index >= 15 is 0 Å². The number of sulfonamides is 1. The quantitative estimate of drug-likeness (QED) is 0.517. The molecule has 2 aromatic carbocycles. The van der Waals surface area contributed by atoms with Crippen molar-refractivity contribution in [3.63, 3.8) is 0 Å². The SMILES string of the molecule is Cc1ccc([N+](=O)[O-])cc1S(=O)(=O)N1CCN(C(=O)CC(C)c2ccccc2)CC1. The smallest absolute Gasteiger partial charge is 0.270 e. The van der Waals surface area contributed by atoms with Gasteiger partial charge in [-0.3, -0.25) is 14.9 Å². The lowest BCUT2D eigenvalue weighted by molar-refractivity contribution is -0.385. The molecular formula is C21H25N3O5S. The van der Waals surface area contributed by atoms with Crippen LogP contribution in [0.1, 0.15) is 30.4 Å². The molecule has 160 valence electrons. The molecule has 8 nitrogen and oxygen atoms in total. The lowest BCUT2D eigenvalue weighted by Crippen LogP contribution is -2.50. The van der Waals surface area contributed by atoms with E-state index in [9.17, 15) is 23.3 Å². The first kappa shape index (κ1) is 21.9. The maximum atomic E-state index is 13.0. The number of carbonyl (C=O) groups is 1. The molecule has 1 saturated heterocycles. The summed E-state index contributed by atoms with van der Waals surface area (Å²) >= 11 is 0. The van der Waals surface area contributed by atoms with Gasteiger partial charge in [-0.05, 0) is 24.0 Å². The second-order valence-corrected chi connectivity index (χ2v) is 9.41. The Hall–Kier alpha value is -2.78. The maximum absolute atomic E-state index is 13.0. The predicted octanol–water partition coefficient (Wildman–Crippen LogP) is 2.93. The number of amides is 1. The molecule has 1 aliphatic rings. The van der Waals surface area contributed by atoms with E-state index in [0.717, 1.165) is 11.6 Å². The van der Waals surface area contributed by atoms with Crippen LogP contribution in [0.25, 0.3) is 0 Å². The first-order valence-corrected chi connectivity index (χ1v) is 11.2. The Morgan fingerprint density at radius 2 is 1.73 bits per heavy atom. The van der Waals surface area contributed by atoms with Gasteiger partial charge in [0.25, 0.3) is 5.69 Å². The zero-order valence-corrected chi connectivity index (χ0v) is 17.8. The third-order valence-corrected chi connectivity index (χ3v) is 7.48. The highest BCUT2D eigenvalue weighted by Crippen LogP contribution is 2.26. The number of aryl methyl sites for hydroxylation is 1. The first-order chi connectivity index (χ1) is 14.2. The number of nitro benzene ring substituents is 1. The average Bonchev–Trinajstić information content (AvgIpc) is 2.74. The van der Waals surface area contributed by atoms with E-state index in [-0.39, 0.29) is 35.5 Å². The molecule has 0 N–H and O–H groups in total. The number of carbonyl (C=O) groups excluding carboxylic acids is 1. The molecule has 1 unspecified atom stereocenters. The largest absolute Gasteiger partial charge is 0.340 e. The van der Waals surface area contributed by atoms with Crippen LogP contribution in [0.15, 0.2) is 53.4 Å². The second kappa shape index (κ2) is 8.93. The van der Waals surface area contributed by atoms with Crippen molar-refractivity contribution < 1.29 is 18.1 Å². The van der Waals surface area contributed by atoms with Crippen LogP contribution in [0.4, 0.5) is 5.69 Å². The van der Waals surface area contributed by atoms with E-state index in [1.54, 1.807) is 11.8 Å². The molecule has 3 rings (SSSR count). The van der Waals surface area contributed by atoms with E-state index in [4.69, 9.17) is 0 Å². The predicted molar refractivity (Wildman–Crippen MR) is 113 cm³/mol. The number of nitrogens with zero attached hydrogens (tertiary/aromatic N) is 3. The number of non-ortho nitro benzene ring substituents is 1. The molecule has 0 aliphatic carbocycles. The Kier molecular flexibility index (Phi) is 6.52. The summed E-state index contributed by atoms with van der Waals surface area (Å²) in [5, 5.41) is 11.0. The van der Waals surface area contributed by atoms with Crippen LogP contribution < -0.4 is 0 Å². The zero-order chi connectivity index (χ0) is 21.9. The molecule has 2 aromatic rings. The van der Waals surface area contributed by atoms with E-state index in [2.05, 4.69) is 0 Å². The van der Waals surface area contributed by atoms with Gasteiger partial charge < -0.3 is 4.90 Å². The van der Waals surface area contributed by atoms with Crippen molar-refractivity contribution in [2.24, 2.45) is 0 Å². The number of benzene rings is 2. The summed E-state index contributed by atoms with van der Waals surface area (Å²) < 4.78 is 27.3. The topological polar surface area (TPSA) is 101 Å². The Bertz CT molecular complexity index is 1030. The minimum atomic E-state index is -3.87. The van der Waals surface area contributed by atoms with Gasteiger partial charge in [-0.15, -0.1) is 0 Å². The van der Waals surface area contributed by atoms with Crippen LogP contribution in [0.5, 0.6) is 0 Å². The van der Waals surface area contributed by atoms with E-state index in [1.165, 1.54) is 16.4 Å². The Balaban J connectivity index is 1.65. The molecule has 0 aromatic heterocycles. The van der Waals surface area contributed by atoms with Crippen LogP contribution in [0.2, 0.25) is 0 Å². The highest BCUT2D eigenvalue weighted by Gasteiger charge is 2.32. The van der Waals surface area contributed by atoms with Gasteiger partial charge in [0.15, 0.2) is 0 Å². The van der Waals surface area contributed by atoms with E-state index < -0.39 is 14.9 Å². The molecule has 0 bridgehead atoms. The Morgan fingerprint density at radius 1 is 1.10 bits per heavy atom. The van der Waals surface area contributed by atoms with Gasteiger partial charge in [-0.25, -0.2) is 8.42 Å². The number of hydrogen-bond donors (Lipinski definition) is 0. The number of rotatable bonds is 6. The minimum absolute atomic E-state index is 0.00469. The standard InChI is InChI=1S/C21H25N3O5S/c1-16-8-9-19(24(26)27)15-20(16)30(28,29)23-12-10-22(11-13-23)21(25)14-17(2)18-6-4-3-5-7-18/h3-9,15,17H,10-14H2,1-2H3. The zero-order valence-electron chi connectivity index (χ0n) is 17.0. The van der Waals surface area contributed by atoms with Gasteiger partial charge in [-0.2, -0.15) is 4.31 Å². The lowest BCUT2D eigenvalue weighted by atomic mass is 9.97. The molecule has 30 heavy (non-hydrogen) atoms. The number of hydrogen-bond acceptors (Lipinski definition) is 5. The molecule has 1 aliphatic heterocycles. The average molecular weight is 432 g/mol. The maximum Gasteiger partial charge on any atom is 0.270 e. The van der Waals surface area contributed by atoms with Gasteiger partial charge in [0.05, 0.1) is 9.82 Å². The monoisotopic (exact) mass is 431 g/mol. The number of piperazine rings is 1. The molecule has 0 radical (unpaired) electrons. The van der Waals surface area contributed by atoms with Crippen molar-refractivity contribution in [2.75, 3.05) is 26.2 Å².